The molecule has 0 radical (unpaired) electrons. The largest absolute Gasteiger partial charge is 0.506 e. The number of hydrogen-bond donors (Lipinski definition) is 3. The molecule has 1 heterocycles. The third kappa shape index (κ3) is 2.90. The van der Waals surface area contributed by atoms with E-state index in [1.807, 2.05) is 35.2 Å². The van der Waals surface area contributed by atoms with Crippen LogP contribution in [0.4, 0.5) is 0 Å². The Labute approximate surface area is 112 Å². The van der Waals surface area contributed by atoms with Gasteiger partial charge >= 0.3 is 0 Å². The Morgan fingerprint density at radius 2 is 1.89 bits per heavy atom. The van der Waals surface area contributed by atoms with Crippen molar-refractivity contribution in [2.24, 2.45) is 0 Å². The first-order chi connectivity index (χ1) is 9.13. The van der Waals surface area contributed by atoms with Crippen molar-refractivity contribution in [3.05, 3.63) is 59.7 Å². The molecule has 0 aromatic heterocycles. The lowest BCUT2D eigenvalue weighted by atomic mass is 10.0. The van der Waals surface area contributed by atoms with Crippen LogP contribution in [0.2, 0.25) is 0 Å². The van der Waals surface area contributed by atoms with Crippen molar-refractivity contribution in [3.8, 4) is 0 Å². The van der Waals surface area contributed by atoms with Gasteiger partial charge in [0.25, 0.3) is 0 Å². The molecule has 19 heavy (non-hydrogen) atoms. The predicted molar refractivity (Wildman–Crippen MR) is 73.7 cm³/mol. The van der Waals surface area contributed by atoms with Crippen LogP contribution < -0.4 is 0 Å². The molecule has 0 saturated heterocycles. The van der Waals surface area contributed by atoms with E-state index in [1.54, 1.807) is 13.1 Å². The van der Waals surface area contributed by atoms with Gasteiger partial charge in [-0.25, -0.2) is 0 Å². The van der Waals surface area contributed by atoms with Crippen LogP contribution >= 0.6 is 0 Å². The number of allylic oxidation sites excluding steroid dienone is 1. The third-order valence-corrected chi connectivity index (χ3v) is 3.46. The van der Waals surface area contributed by atoms with E-state index in [9.17, 15) is 15.3 Å². The Bertz CT molecular complexity index is 481. The van der Waals surface area contributed by atoms with E-state index in [1.165, 1.54) is 6.08 Å². The zero-order chi connectivity index (χ0) is 13.8. The number of hydrogen-bond acceptors (Lipinski definition) is 4. The van der Waals surface area contributed by atoms with Crippen LogP contribution in [0.3, 0.4) is 0 Å². The summed E-state index contributed by atoms with van der Waals surface area (Å²) in [5.74, 6) is -0.172. The summed E-state index contributed by atoms with van der Waals surface area (Å²) < 4.78 is 0. The minimum absolute atomic E-state index is 0.0163. The Morgan fingerprint density at radius 3 is 2.53 bits per heavy atom. The highest BCUT2D eigenvalue weighted by Crippen LogP contribution is 2.22. The van der Waals surface area contributed by atoms with Crippen LogP contribution in [-0.2, 0) is 6.42 Å². The van der Waals surface area contributed by atoms with Crippen molar-refractivity contribution in [2.75, 3.05) is 6.61 Å². The lowest BCUT2D eigenvalue weighted by Crippen LogP contribution is -2.44. The van der Waals surface area contributed by atoms with E-state index < -0.39 is 0 Å². The van der Waals surface area contributed by atoms with Gasteiger partial charge in [0.15, 0.2) is 11.5 Å². The third-order valence-electron chi connectivity index (χ3n) is 3.46. The van der Waals surface area contributed by atoms with Crippen LogP contribution in [0.1, 0.15) is 12.5 Å². The van der Waals surface area contributed by atoms with Crippen molar-refractivity contribution in [3.63, 3.8) is 0 Å². The van der Waals surface area contributed by atoms with E-state index >= 15 is 0 Å². The second kappa shape index (κ2) is 5.80. The predicted octanol–water partition coefficient (Wildman–Crippen LogP) is 2.14. The number of aliphatic hydroxyl groups excluding tert-OH is 3. The molecule has 2 rings (SSSR count). The molecular formula is C15H19NO3. The van der Waals surface area contributed by atoms with Gasteiger partial charge in [-0.1, -0.05) is 30.3 Å². The lowest BCUT2D eigenvalue weighted by molar-refractivity contribution is 0.118. The first-order valence-electron chi connectivity index (χ1n) is 6.36. The maximum Gasteiger partial charge on any atom is 0.156 e. The highest BCUT2D eigenvalue weighted by molar-refractivity contribution is 5.24. The minimum Gasteiger partial charge on any atom is -0.506 e. The molecule has 0 amide bonds. The average Bonchev–Trinajstić information content (AvgIpc) is 2.44. The molecule has 0 bridgehead atoms. The van der Waals surface area contributed by atoms with Crippen LogP contribution in [0, 0.1) is 0 Å². The quantitative estimate of drug-likeness (QED) is 0.777. The standard InChI is InChI=1S/C15H19NO3/c1-11-15(19)14(18)7-8-16(11)13(10-17)9-12-5-3-2-4-6-12/h2-8,11,13,17-19H,9-10H2,1H3. The van der Waals surface area contributed by atoms with Gasteiger partial charge in [0.1, 0.15) is 0 Å². The van der Waals surface area contributed by atoms with Gasteiger partial charge in [-0.3, -0.25) is 0 Å². The highest BCUT2D eigenvalue weighted by atomic mass is 16.3. The summed E-state index contributed by atoms with van der Waals surface area (Å²) in [6, 6.07) is 9.41. The van der Waals surface area contributed by atoms with E-state index in [2.05, 4.69) is 0 Å². The van der Waals surface area contributed by atoms with Crippen LogP contribution in [0.15, 0.2) is 54.1 Å². The van der Waals surface area contributed by atoms with Crippen molar-refractivity contribution in [1.82, 2.24) is 4.90 Å². The smallest absolute Gasteiger partial charge is 0.156 e. The summed E-state index contributed by atoms with van der Waals surface area (Å²) in [6.45, 7) is 1.78. The minimum atomic E-state index is -0.342. The fourth-order valence-electron chi connectivity index (χ4n) is 2.31. The van der Waals surface area contributed by atoms with Crippen molar-refractivity contribution in [1.29, 1.82) is 0 Å². The molecule has 4 heteroatoms. The lowest BCUT2D eigenvalue weighted by Gasteiger charge is -2.36. The molecule has 0 fully saturated rings. The molecule has 2 atom stereocenters. The molecule has 0 saturated carbocycles. The van der Waals surface area contributed by atoms with Gasteiger partial charge in [0.2, 0.25) is 0 Å². The summed E-state index contributed by atoms with van der Waals surface area (Å²) >= 11 is 0. The normalized spacial score (nSPS) is 20.7. The molecule has 0 aliphatic carbocycles. The second-order valence-corrected chi connectivity index (χ2v) is 4.74. The Balaban J connectivity index is 2.13. The van der Waals surface area contributed by atoms with Gasteiger partial charge in [0.05, 0.1) is 18.7 Å². The Hall–Kier alpha value is -1.94. The SMILES string of the molecule is CC1C(O)=C(O)C=CN1C(CO)Cc1ccccc1. The zero-order valence-electron chi connectivity index (χ0n) is 10.9. The molecule has 1 aromatic carbocycles. The maximum atomic E-state index is 9.78. The summed E-state index contributed by atoms with van der Waals surface area (Å²) in [5, 5.41) is 28.8. The molecule has 3 N–H and O–H groups in total. The molecule has 1 aliphatic heterocycles. The molecule has 1 aromatic rings. The molecular weight excluding hydrogens is 242 g/mol. The van der Waals surface area contributed by atoms with Gasteiger partial charge in [-0.15, -0.1) is 0 Å². The van der Waals surface area contributed by atoms with Gasteiger partial charge in [0, 0.05) is 6.20 Å². The number of nitrogens with zero attached hydrogens (tertiary/aromatic N) is 1. The fraction of sp³-hybridized carbons (Fsp3) is 0.333. The number of rotatable bonds is 4. The first kappa shape index (κ1) is 13.5. The molecule has 2 unspecified atom stereocenters. The highest BCUT2D eigenvalue weighted by Gasteiger charge is 2.27. The summed E-state index contributed by atoms with van der Waals surface area (Å²) in [6.07, 6.45) is 3.84. The van der Waals surface area contributed by atoms with Crippen LogP contribution in [0.25, 0.3) is 0 Å². The Kier molecular flexibility index (Phi) is 4.12. The number of benzene rings is 1. The topological polar surface area (TPSA) is 63.9 Å². The molecule has 102 valence electrons. The van der Waals surface area contributed by atoms with Crippen LogP contribution in [0.5, 0.6) is 0 Å². The van der Waals surface area contributed by atoms with Gasteiger partial charge in [-0.2, -0.15) is 0 Å². The van der Waals surface area contributed by atoms with Crippen molar-refractivity contribution < 1.29 is 15.3 Å². The van der Waals surface area contributed by atoms with Gasteiger partial charge < -0.3 is 20.2 Å². The van der Waals surface area contributed by atoms with E-state index in [-0.39, 0.29) is 30.2 Å². The first-order valence-corrected chi connectivity index (χ1v) is 6.36. The Morgan fingerprint density at radius 1 is 1.21 bits per heavy atom. The van der Waals surface area contributed by atoms with E-state index in [0.717, 1.165) is 5.56 Å². The number of aliphatic hydroxyl groups is 3. The molecule has 4 nitrogen and oxygen atoms in total. The van der Waals surface area contributed by atoms with Gasteiger partial charge in [-0.05, 0) is 25.0 Å². The van der Waals surface area contributed by atoms with E-state index in [4.69, 9.17) is 0 Å². The average molecular weight is 261 g/mol. The summed E-state index contributed by atoms with van der Waals surface area (Å²) in [4.78, 5) is 1.86. The van der Waals surface area contributed by atoms with Crippen LogP contribution in [-0.4, -0.2) is 38.9 Å². The summed E-state index contributed by atoms with van der Waals surface area (Å²) in [5.41, 5.74) is 1.13. The molecule has 0 spiro atoms. The van der Waals surface area contributed by atoms with E-state index in [0.29, 0.717) is 6.42 Å². The second-order valence-electron chi connectivity index (χ2n) is 4.74. The van der Waals surface area contributed by atoms with Crippen molar-refractivity contribution >= 4 is 0 Å². The van der Waals surface area contributed by atoms with Crippen molar-refractivity contribution in [2.45, 2.75) is 25.4 Å². The fourth-order valence-corrected chi connectivity index (χ4v) is 2.31. The maximum absolute atomic E-state index is 9.78. The summed E-state index contributed by atoms with van der Waals surface area (Å²) in [7, 11) is 0. The monoisotopic (exact) mass is 261 g/mol. The molecule has 1 aliphatic rings. The zero-order valence-corrected chi connectivity index (χ0v) is 10.9.